The van der Waals surface area contributed by atoms with Crippen molar-refractivity contribution in [2.45, 2.75) is 69.9 Å². The van der Waals surface area contributed by atoms with Crippen molar-refractivity contribution in [3.63, 3.8) is 0 Å². The van der Waals surface area contributed by atoms with Crippen molar-refractivity contribution in [3.8, 4) is 0 Å². The molecule has 8 nitrogen and oxygen atoms in total. The number of hydrogen-bond donors (Lipinski definition) is 3. The summed E-state index contributed by atoms with van der Waals surface area (Å²) in [6.07, 6.45) is 7.34. The van der Waals surface area contributed by atoms with Gasteiger partial charge in [-0.3, -0.25) is 19.8 Å². The third kappa shape index (κ3) is 3.48. The maximum absolute atomic E-state index is 12.8. The van der Waals surface area contributed by atoms with Crippen LogP contribution in [-0.2, 0) is 9.59 Å². The molecule has 1 saturated heterocycles. The van der Waals surface area contributed by atoms with Crippen molar-refractivity contribution in [1.29, 1.82) is 0 Å². The van der Waals surface area contributed by atoms with Crippen molar-refractivity contribution < 1.29 is 19.2 Å². The second-order valence-electron chi connectivity index (χ2n) is 7.44. The maximum Gasteiger partial charge on any atom is 0.325 e. The Morgan fingerprint density at radius 2 is 1.84 bits per heavy atom. The number of rotatable bonds is 3. The minimum absolute atomic E-state index is 0.0384. The average molecular weight is 350 g/mol. The molecule has 1 spiro atoms. The number of hydrogen-bond acceptors (Lipinski definition) is 4. The zero-order chi connectivity index (χ0) is 18.0. The fraction of sp³-hybridized carbons (Fsp3) is 0.765. The van der Waals surface area contributed by atoms with E-state index in [1.165, 1.54) is 0 Å². The standard InChI is InChI=1S/C17H26N4O4/c1-11-6-4-5-9-17(11)14(23)21(16(25)20-17)10-13(22)19-15(24)18-12-7-2-3-8-12/h11-12H,2-10H2,1H3,(H,20,25)(H2,18,19,22,24)/t11-,17+/m0/s1. The van der Waals surface area contributed by atoms with E-state index in [-0.39, 0.29) is 17.9 Å². The van der Waals surface area contributed by atoms with Crippen LogP contribution in [0.25, 0.3) is 0 Å². The number of imide groups is 2. The Labute approximate surface area is 147 Å². The second-order valence-corrected chi connectivity index (χ2v) is 7.44. The number of urea groups is 2. The van der Waals surface area contributed by atoms with E-state index in [1.54, 1.807) is 0 Å². The predicted molar refractivity (Wildman–Crippen MR) is 89.5 cm³/mol. The van der Waals surface area contributed by atoms with Gasteiger partial charge in [0.2, 0.25) is 5.91 Å². The van der Waals surface area contributed by atoms with Crippen molar-refractivity contribution in [3.05, 3.63) is 0 Å². The lowest BCUT2D eigenvalue weighted by Gasteiger charge is -2.36. The Hall–Kier alpha value is -2.12. The first-order valence-electron chi connectivity index (χ1n) is 9.17. The topological polar surface area (TPSA) is 108 Å². The van der Waals surface area contributed by atoms with Crippen molar-refractivity contribution in [1.82, 2.24) is 20.9 Å². The van der Waals surface area contributed by atoms with Crippen LogP contribution in [0.3, 0.4) is 0 Å². The van der Waals surface area contributed by atoms with E-state index >= 15 is 0 Å². The van der Waals surface area contributed by atoms with Gasteiger partial charge >= 0.3 is 12.1 Å². The first-order valence-corrected chi connectivity index (χ1v) is 9.17. The van der Waals surface area contributed by atoms with Gasteiger partial charge < -0.3 is 10.6 Å². The molecule has 25 heavy (non-hydrogen) atoms. The molecule has 0 bridgehead atoms. The molecule has 0 unspecified atom stereocenters. The fourth-order valence-electron chi connectivity index (χ4n) is 4.24. The van der Waals surface area contributed by atoms with E-state index in [9.17, 15) is 19.2 Å². The molecule has 3 fully saturated rings. The zero-order valence-corrected chi connectivity index (χ0v) is 14.6. The molecule has 138 valence electrons. The molecule has 3 rings (SSSR count). The molecule has 8 heteroatoms. The van der Waals surface area contributed by atoms with Crippen LogP contribution in [0.15, 0.2) is 0 Å². The fourth-order valence-corrected chi connectivity index (χ4v) is 4.24. The van der Waals surface area contributed by atoms with Gasteiger partial charge in [0.25, 0.3) is 5.91 Å². The van der Waals surface area contributed by atoms with Gasteiger partial charge in [-0.1, -0.05) is 32.6 Å². The van der Waals surface area contributed by atoms with Gasteiger partial charge in [-0.2, -0.15) is 0 Å². The molecule has 0 aromatic carbocycles. The summed E-state index contributed by atoms with van der Waals surface area (Å²) in [5.41, 5.74) is -0.887. The summed E-state index contributed by atoms with van der Waals surface area (Å²) in [7, 11) is 0. The molecule has 0 aromatic rings. The number of nitrogens with one attached hydrogen (secondary N) is 3. The molecule has 6 amide bonds. The molecule has 3 aliphatic rings. The van der Waals surface area contributed by atoms with Crippen LogP contribution in [0.4, 0.5) is 9.59 Å². The van der Waals surface area contributed by atoms with E-state index in [2.05, 4.69) is 16.0 Å². The van der Waals surface area contributed by atoms with Gasteiger partial charge in [-0.15, -0.1) is 0 Å². The molecule has 2 saturated carbocycles. The van der Waals surface area contributed by atoms with Gasteiger partial charge in [0.1, 0.15) is 12.1 Å². The highest BCUT2D eigenvalue weighted by molar-refractivity contribution is 6.10. The van der Waals surface area contributed by atoms with E-state index in [4.69, 9.17) is 0 Å². The van der Waals surface area contributed by atoms with E-state index in [0.29, 0.717) is 6.42 Å². The molecule has 2 atom stereocenters. The van der Waals surface area contributed by atoms with Gasteiger partial charge in [-0.05, 0) is 31.6 Å². The van der Waals surface area contributed by atoms with Gasteiger partial charge in [-0.25, -0.2) is 9.59 Å². The van der Waals surface area contributed by atoms with Gasteiger partial charge in [0.05, 0.1) is 0 Å². The Kier molecular flexibility index (Phi) is 4.96. The van der Waals surface area contributed by atoms with Gasteiger partial charge in [0, 0.05) is 6.04 Å². The van der Waals surface area contributed by atoms with Crippen LogP contribution >= 0.6 is 0 Å². The molecule has 1 aliphatic heterocycles. The molecular formula is C17H26N4O4. The molecular weight excluding hydrogens is 324 g/mol. The van der Waals surface area contributed by atoms with Crippen molar-refractivity contribution >= 4 is 23.9 Å². The monoisotopic (exact) mass is 350 g/mol. The normalized spacial score (nSPS) is 29.8. The average Bonchev–Trinajstić information content (AvgIpc) is 3.13. The summed E-state index contributed by atoms with van der Waals surface area (Å²) in [5, 5.41) is 7.75. The summed E-state index contributed by atoms with van der Waals surface area (Å²) < 4.78 is 0. The largest absolute Gasteiger partial charge is 0.335 e. The molecule has 3 N–H and O–H groups in total. The second kappa shape index (κ2) is 7.01. The van der Waals surface area contributed by atoms with Crippen molar-refractivity contribution in [2.75, 3.05) is 6.54 Å². The lowest BCUT2D eigenvalue weighted by atomic mass is 9.73. The quantitative estimate of drug-likeness (QED) is 0.666. The van der Waals surface area contributed by atoms with Crippen LogP contribution in [0.1, 0.15) is 58.3 Å². The summed E-state index contributed by atoms with van der Waals surface area (Å²) >= 11 is 0. The Morgan fingerprint density at radius 3 is 2.52 bits per heavy atom. The summed E-state index contributed by atoms with van der Waals surface area (Å²) in [5.74, 6) is -0.966. The summed E-state index contributed by atoms with van der Waals surface area (Å²) in [6.45, 7) is 1.52. The molecule has 0 radical (unpaired) electrons. The molecule has 0 aromatic heterocycles. The Balaban J connectivity index is 1.56. The van der Waals surface area contributed by atoms with E-state index in [0.717, 1.165) is 49.8 Å². The third-order valence-corrected chi connectivity index (χ3v) is 5.75. The number of carbonyl (C=O) groups is 4. The summed E-state index contributed by atoms with van der Waals surface area (Å²) in [6, 6.07) is -1.02. The van der Waals surface area contributed by atoms with Crippen molar-refractivity contribution in [2.24, 2.45) is 5.92 Å². The highest BCUT2D eigenvalue weighted by atomic mass is 16.2. The smallest absolute Gasteiger partial charge is 0.325 e. The highest BCUT2D eigenvalue weighted by Crippen LogP contribution is 2.38. The first-order chi connectivity index (χ1) is 11.9. The number of carbonyl (C=O) groups excluding carboxylic acids is 4. The Bertz CT molecular complexity index is 587. The van der Waals surface area contributed by atoms with E-state index in [1.807, 2.05) is 6.92 Å². The lowest BCUT2D eigenvalue weighted by Crippen LogP contribution is -2.54. The maximum atomic E-state index is 12.8. The minimum Gasteiger partial charge on any atom is -0.335 e. The highest BCUT2D eigenvalue weighted by Gasteiger charge is 2.55. The SMILES string of the molecule is C[C@H]1CCCC[C@@]12NC(=O)N(CC(=O)NC(=O)NC1CCCC1)C2=O. The van der Waals surface area contributed by atoms with E-state index < -0.39 is 30.1 Å². The molecule has 1 heterocycles. The first kappa shape index (κ1) is 17.7. The van der Waals surface area contributed by atoms with Crippen LogP contribution in [0.2, 0.25) is 0 Å². The minimum atomic E-state index is -0.887. The summed E-state index contributed by atoms with van der Waals surface area (Å²) in [4.78, 5) is 49.8. The zero-order valence-electron chi connectivity index (χ0n) is 14.6. The number of nitrogens with zero attached hydrogens (tertiary/aromatic N) is 1. The lowest BCUT2D eigenvalue weighted by molar-refractivity contribution is -0.137. The number of amides is 6. The predicted octanol–water partition coefficient (Wildman–Crippen LogP) is 1.26. The molecule has 2 aliphatic carbocycles. The van der Waals surface area contributed by atoms with Crippen LogP contribution in [-0.4, -0.2) is 46.9 Å². The van der Waals surface area contributed by atoms with Crippen LogP contribution in [0.5, 0.6) is 0 Å². The third-order valence-electron chi connectivity index (χ3n) is 5.75. The van der Waals surface area contributed by atoms with Crippen LogP contribution in [0, 0.1) is 5.92 Å². The Morgan fingerprint density at radius 1 is 1.16 bits per heavy atom. The van der Waals surface area contributed by atoms with Gasteiger partial charge in [0.15, 0.2) is 0 Å². The van der Waals surface area contributed by atoms with Crippen LogP contribution < -0.4 is 16.0 Å².